The van der Waals surface area contributed by atoms with Gasteiger partial charge in [-0.25, -0.2) is 4.79 Å². The van der Waals surface area contributed by atoms with Crippen molar-refractivity contribution in [3.63, 3.8) is 0 Å². The highest BCUT2D eigenvalue weighted by Gasteiger charge is 2.16. The number of benzene rings is 2. The lowest BCUT2D eigenvalue weighted by Gasteiger charge is -2.09. The Bertz CT molecular complexity index is 649. The number of carbonyl (C=O) groups is 1. The van der Waals surface area contributed by atoms with Crippen molar-refractivity contribution in [2.45, 2.75) is 9.79 Å². The van der Waals surface area contributed by atoms with Gasteiger partial charge in [0.15, 0.2) is 0 Å². The Morgan fingerprint density at radius 1 is 1.32 bits per heavy atom. The summed E-state index contributed by atoms with van der Waals surface area (Å²) in [5, 5.41) is 9.55. The topological polar surface area (TPSA) is 63.3 Å². The molecule has 2 aromatic carbocycles. The first kappa shape index (κ1) is 14.2. The third kappa shape index (κ3) is 3.43. The molecule has 0 amide bonds. The van der Waals surface area contributed by atoms with Crippen LogP contribution < -0.4 is 5.73 Å². The molecular weight excluding hydrogens is 350 g/mol. The Morgan fingerprint density at radius 2 is 2.05 bits per heavy atom. The van der Waals surface area contributed by atoms with Crippen LogP contribution >= 0.6 is 39.3 Å². The van der Waals surface area contributed by atoms with Crippen LogP contribution in [0.3, 0.4) is 0 Å². The first-order chi connectivity index (χ1) is 8.97. The lowest BCUT2D eigenvalue weighted by Crippen LogP contribution is -2.01. The van der Waals surface area contributed by atoms with Crippen LogP contribution in [0.1, 0.15) is 10.4 Å². The highest BCUT2D eigenvalue weighted by atomic mass is 79.9. The van der Waals surface area contributed by atoms with E-state index >= 15 is 0 Å². The van der Waals surface area contributed by atoms with Crippen LogP contribution in [0.15, 0.2) is 50.7 Å². The molecule has 2 aromatic rings. The molecule has 0 spiro atoms. The highest BCUT2D eigenvalue weighted by Crippen LogP contribution is 2.38. The van der Waals surface area contributed by atoms with Crippen LogP contribution in [-0.2, 0) is 0 Å². The number of halogens is 2. The molecule has 0 unspecified atom stereocenters. The summed E-state index contributed by atoms with van der Waals surface area (Å²) in [7, 11) is 0. The van der Waals surface area contributed by atoms with Crippen LogP contribution in [0.5, 0.6) is 0 Å². The van der Waals surface area contributed by atoms with Gasteiger partial charge >= 0.3 is 5.97 Å². The number of hydrogen-bond acceptors (Lipinski definition) is 3. The Kier molecular flexibility index (Phi) is 4.39. The fourth-order valence-corrected chi connectivity index (χ4v) is 3.40. The molecule has 0 fully saturated rings. The predicted molar refractivity (Wildman–Crippen MR) is 81.1 cm³/mol. The van der Waals surface area contributed by atoms with Crippen molar-refractivity contribution in [2.75, 3.05) is 5.73 Å². The van der Waals surface area contributed by atoms with Gasteiger partial charge in [0.2, 0.25) is 0 Å². The second-order valence-corrected chi connectivity index (χ2v) is 6.15. The van der Waals surface area contributed by atoms with Crippen molar-refractivity contribution in [3.8, 4) is 0 Å². The summed E-state index contributed by atoms with van der Waals surface area (Å²) in [5.74, 6) is -1.05. The predicted octanol–water partition coefficient (Wildman–Crippen LogP) is 4.53. The number of anilines is 1. The fraction of sp³-hybridized carbons (Fsp3) is 0. The molecule has 0 aromatic heterocycles. The van der Waals surface area contributed by atoms with E-state index in [1.54, 1.807) is 6.07 Å². The minimum absolute atomic E-state index is 0.106. The third-order valence-electron chi connectivity index (χ3n) is 2.31. The van der Waals surface area contributed by atoms with Crippen LogP contribution in [0.2, 0.25) is 5.02 Å². The van der Waals surface area contributed by atoms with E-state index in [1.165, 1.54) is 17.8 Å². The van der Waals surface area contributed by atoms with Gasteiger partial charge in [0.1, 0.15) is 0 Å². The van der Waals surface area contributed by atoms with Gasteiger partial charge in [0.25, 0.3) is 0 Å². The van der Waals surface area contributed by atoms with E-state index in [0.29, 0.717) is 15.6 Å². The summed E-state index contributed by atoms with van der Waals surface area (Å²) < 4.78 is 0.918. The maximum Gasteiger partial charge on any atom is 0.336 e. The number of carboxylic acids is 1. The normalized spacial score (nSPS) is 10.4. The molecular formula is C13H9BrClNO2S. The number of nitrogen functional groups attached to an aromatic ring is 1. The third-order valence-corrected chi connectivity index (χ3v) is 4.35. The quantitative estimate of drug-likeness (QED) is 0.791. The van der Waals surface area contributed by atoms with Crippen molar-refractivity contribution in [1.82, 2.24) is 0 Å². The molecule has 2 rings (SSSR count). The summed E-state index contributed by atoms with van der Waals surface area (Å²) in [6.07, 6.45) is 0. The van der Waals surface area contributed by atoms with Gasteiger partial charge in [-0.1, -0.05) is 45.4 Å². The van der Waals surface area contributed by atoms with Gasteiger partial charge in [-0.15, -0.1) is 0 Å². The molecule has 0 radical (unpaired) electrons. The molecule has 0 saturated carbocycles. The lowest BCUT2D eigenvalue weighted by molar-refractivity contribution is 0.0693. The monoisotopic (exact) mass is 357 g/mol. The number of hydrogen-bond donors (Lipinski definition) is 2. The van der Waals surface area contributed by atoms with Crippen LogP contribution in [0.25, 0.3) is 0 Å². The van der Waals surface area contributed by atoms with E-state index in [1.807, 2.05) is 24.3 Å². The molecule has 0 aliphatic rings. The SMILES string of the molecule is Nc1cc(Cl)c(Sc2cccc(Br)c2)c(C(=O)O)c1. The van der Waals surface area contributed by atoms with Crippen molar-refractivity contribution < 1.29 is 9.90 Å². The molecule has 98 valence electrons. The fourth-order valence-electron chi connectivity index (χ4n) is 1.53. The van der Waals surface area contributed by atoms with Crippen LogP contribution in [0, 0.1) is 0 Å². The van der Waals surface area contributed by atoms with Gasteiger partial charge in [-0.05, 0) is 30.3 Å². The summed E-state index contributed by atoms with van der Waals surface area (Å²) in [4.78, 5) is 12.6. The van der Waals surface area contributed by atoms with Gasteiger partial charge < -0.3 is 10.8 Å². The van der Waals surface area contributed by atoms with Crippen LogP contribution in [0.4, 0.5) is 5.69 Å². The van der Waals surface area contributed by atoms with Gasteiger partial charge in [-0.3, -0.25) is 0 Å². The molecule has 0 bridgehead atoms. The number of rotatable bonds is 3. The molecule has 0 aliphatic heterocycles. The molecule has 19 heavy (non-hydrogen) atoms. The Balaban J connectivity index is 2.47. The molecule has 6 heteroatoms. The summed E-state index contributed by atoms with van der Waals surface area (Å²) >= 11 is 10.8. The van der Waals surface area contributed by atoms with E-state index in [2.05, 4.69) is 15.9 Å². The minimum atomic E-state index is -1.05. The van der Waals surface area contributed by atoms with Gasteiger partial charge in [0.05, 0.1) is 10.6 Å². The van der Waals surface area contributed by atoms with E-state index in [4.69, 9.17) is 17.3 Å². The van der Waals surface area contributed by atoms with E-state index in [-0.39, 0.29) is 5.56 Å². The second-order valence-electron chi connectivity index (χ2n) is 3.74. The largest absolute Gasteiger partial charge is 0.478 e. The molecule has 0 saturated heterocycles. The first-order valence-electron chi connectivity index (χ1n) is 5.23. The van der Waals surface area contributed by atoms with Crippen molar-refractivity contribution in [2.24, 2.45) is 0 Å². The smallest absolute Gasteiger partial charge is 0.336 e. The average Bonchev–Trinajstić information content (AvgIpc) is 2.32. The number of aromatic carboxylic acids is 1. The molecule has 3 N–H and O–H groups in total. The number of carboxylic acid groups (broad SMARTS) is 1. The van der Waals surface area contributed by atoms with Gasteiger partial charge in [0, 0.05) is 20.0 Å². The van der Waals surface area contributed by atoms with Gasteiger partial charge in [-0.2, -0.15) is 0 Å². The maximum absolute atomic E-state index is 11.2. The van der Waals surface area contributed by atoms with E-state index in [0.717, 1.165) is 9.37 Å². The Morgan fingerprint density at radius 3 is 2.68 bits per heavy atom. The zero-order valence-corrected chi connectivity index (χ0v) is 12.7. The van der Waals surface area contributed by atoms with Crippen molar-refractivity contribution >= 4 is 50.9 Å². The summed E-state index contributed by atoms with van der Waals surface area (Å²) in [6.45, 7) is 0. The second kappa shape index (κ2) is 5.86. The maximum atomic E-state index is 11.2. The summed E-state index contributed by atoms with van der Waals surface area (Å²) in [5.41, 5.74) is 6.06. The zero-order chi connectivity index (χ0) is 14.0. The van der Waals surface area contributed by atoms with Crippen molar-refractivity contribution in [3.05, 3.63) is 51.5 Å². The molecule has 0 heterocycles. The summed E-state index contributed by atoms with van der Waals surface area (Å²) in [6, 6.07) is 10.5. The molecule has 3 nitrogen and oxygen atoms in total. The van der Waals surface area contributed by atoms with Crippen molar-refractivity contribution in [1.29, 1.82) is 0 Å². The van der Waals surface area contributed by atoms with E-state index in [9.17, 15) is 9.90 Å². The zero-order valence-electron chi connectivity index (χ0n) is 9.56. The van der Waals surface area contributed by atoms with E-state index < -0.39 is 5.97 Å². The Hall–Kier alpha value is -1.17. The Labute approximate surface area is 127 Å². The average molecular weight is 359 g/mol. The first-order valence-corrected chi connectivity index (χ1v) is 7.22. The van der Waals surface area contributed by atoms with Crippen LogP contribution in [-0.4, -0.2) is 11.1 Å². The highest BCUT2D eigenvalue weighted by molar-refractivity contribution is 9.10. The standard InChI is InChI=1S/C13H9BrClNO2S/c14-7-2-1-3-9(4-7)19-12-10(13(17)18)5-8(16)6-11(12)15/h1-6H,16H2,(H,17,18). The lowest BCUT2D eigenvalue weighted by atomic mass is 10.2. The molecule has 0 atom stereocenters. The molecule has 0 aliphatic carbocycles. The number of nitrogens with two attached hydrogens (primary N) is 1. The minimum Gasteiger partial charge on any atom is -0.478 e.